The summed E-state index contributed by atoms with van der Waals surface area (Å²) in [4.78, 5) is 0. The molecule has 0 aliphatic carbocycles. The maximum absolute atomic E-state index is 6.34. The van der Waals surface area contributed by atoms with Crippen LogP contribution < -0.4 is 0 Å². The van der Waals surface area contributed by atoms with E-state index in [2.05, 4.69) is 12.1 Å². The molecule has 0 saturated heterocycles. The Hall–Kier alpha value is -1.73. The highest BCUT2D eigenvalue weighted by molar-refractivity contribution is 6.20. The van der Waals surface area contributed by atoms with Crippen molar-refractivity contribution < 1.29 is 4.74 Å². The first-order valence-electron chi connectivity index (χ1n) is 6.88. The van der Waals surface area contributed by atoms with Crippen LogP contribution in [0.4, 0.5) is 0 Å². The second kappa shape index (κ2) is 8.44. The fourth-order valence-corrected chi connectivity index (χ4v) is 2.23. The summed E-state index contributed by atoms with van der Waals surface area (Å²) in [5.74, 6) is 0. The van der Waals surface area contributed by atoms with Crippen LogP contribution in [0.1, 0.15) is 29.3 Å². The molecule has 0 aliphatic heterocycles. The summed E-state index contributed by atoms with van der Waals surface area (Å²) >= 11 is 6.34. The predicted molar refractivity (Wildman–Crippen MR) is 85.7 cm³/mol. The van der Waals surface area contributed by atoms with Gasteiger partial charge in [0, 0.05) is 0 Å². The van der Waals surface area contributed by atoms with Gasteiger partial charge < -0.3 is 4.74 Å². The summed E-state index contributed by atoms with van der Waals surface area (Å²) in [5, 5.41) is 0.0675. The minimum Gasteiger partial charge on any atom is -0.501 e. The van der Waals surface area contributed by atoms with E-state index in [9.17, 15) is 0 Å². The molecule has 20 heavy (non-hydrogen) atoms. The lowest BCUT2D eigenvalue weighted by atomic mass is 10.1. The van der Waals surface area contributed by atoms with Crippen LogP contribution in [0.2, 0.25) is 0 Å². The van der Waals surface area contributed by atoms with Gasteiger partial charge in [0.05, 0.1) is 18.2 Å². The number of ether oxygens (including phenoxy) is 1. The number of benzene rings is 2. The molecule has 2 heteroatoms. The van der Waals surface area contributed by atoms with Gasteiger partial charge in [-0.3, -0.25) is 0 Å². The monoisotopic (exact) mass is 286 g/mol. The zero-order valence-electron chi connectivity index (χ0n) is 11.4. The number of hydrogen-bond acceptors (Lipinski definition) is 1. The Kier molecular flexibility index (Phi) is 6.19. The Morgan fingerprint density at radius 3 is 2.30 bits per heavy atom. The van der Waals surface area contributed by atoms with Crippen molar-refractivity contribution in [3.8, 4) is 0 Å². The Morgan fingerprint density at radius 1 is 0.950 bits per heavy atom. The van der Waals surface area contributed by atoms with Gasteiger partial charge in [-0.1, -0.05) is 60.7 Å². The molecule has 1 atom stereocenters. The van der Waals surface area contributed by atoms with E-state index in [1.165, 1.54) is 5.56 Å². The van der Waals surface area contributed by atoms with Gasteiger partial charge in [-0.25, -0.2) is 0 Å². The van der Waals surface area contributed by atoms with Crippen molar-refractivity contribution in [1.29, 1.82) is 0 Å². The average Bonchev–Trinajstić information content (AvgIpc) is 2.52. The predicted octanol–water partition coefficient (Wildman–Crippen LogP) is 5.43. The van der Waals surface area contributed by atoms with E-state index in [4.69, 9.17) is 16.3 Å². The molecule has 0 spiro atoms. The van der Waals surface area contributed by atoms with Crippen molar-refractivity contribution in [2.45, 2.75) is 18.2 Å². The highest BCUT2D eigenvalue weighted by Gasteiger charge is 2.06. The van der Waals surface area contributed by atoms with Crippen LogP contribution in [0, 0.1) is 0 Å². The van der Waals surface area contributed by atoms with Gasteiger partial charge in [-0.2, -0.15) is 0 Å². The van der Waals surface area contributed by atoms with E-state index in [1.807, 2.05) is 54.6 Å². The van der Waals surface area contributed by atoms with Gasteiger partial charge >= 0.3 is 0 Å². The fraction of sp³-hybridized carbons (Fsp3) is 0.222. The van der Waals surface area contributed by atoms with E-state index < -0.39 is 0 Å². The van der Waals surface area contributed by atoms with Crippen LogP contribution >= 0.6 is 11.6 Å². The van der Waals surface area contributed by atoms with Crippen molar-refractivity contribution in [2.75, 3.05) is 6.61 Å². The van der Waals surface area contributed by atoms with Gasteiger partial charge in [-0.05, 0) is 30.0 Å². The molecule has 0 saturated carbocycles. The van der Waals surface area contributed by atoms with Crippen LogP contribution in [0.5, 0.6) is 0 Å². The van der Waals surface area contributed by atoms with Gasteiger partial charge in [0.1, 0.15) is 0 Å². The summed E-state index contributed by atoms with van der Waals surface area (Å²) in [7, 11) is 0. The molecule has 0 aliphatic rings. The molecule has 0 radical (unpaired) electrons. The van der Waals surface area contributed by atoms with Crippen molar-refractivity contribution in [3.63, 3.8) is 0 Å². The highest BCUT2D eigenvalue weighted by atomic mass is 35.5. The molecule has 0 amide bonds. The van der Waals surface area contributed by atoms with Gasteiger partial charge in [0.2, 0.25) is 0 Å². The molecule has 2 aromatic carbocycles. The van der Waals surface area contributed by atoms with E-state index in [1.54, 1.807) is 6.26 Å². The summed E-state index contributed by atoms with van der Waals surface area (Å²) in [5.41, 5.74) is 2.32. The Bertz CT molecular complexity index is 507. The minimum atomic E-state index is 0.0675. The SMILES string of the molecule is ClC(CCCOC=Cc1ccccc1)c1ccccc1. The largest absolute Gasteiger partial charge is 0.501 e. The third-order valence-electron chi connectivity index (χ3n) is 3.04. The lowest BCUT2D eigenvalue weighted by Gasteiger charge is -2.09. The second-order valence-corrected chi connectivity index (χ2v) is 5.13. The summed E-state index contributed by atoms with van der Waals surface area (Å²) in [6.07, 6.45) is 5.59. The van der Waals surface area contributed by atoms with Crippen molar-refractivity contribution >= 4 is 17.7 Å². The number of halogens is 1. The molecule has 0 fully saturated rings. The first kappa shape index (κ1) is 14.7. The minimum absolute atomic E-state index is 0.0675. The third-order valence-corrected chi connectivity index (χ3v) is 3.51. The highest BCUT2D eigenvalue weighted by Crippen LogP contribution is 2.24. The molecular weight excluding hydrogens is 268 g/mol. The summed E-state index contributed by atoms with van der Waals surface area (Å²) < 4.78 is 5.48. The standard InChI is InChI=1S/C18H19ClO/c19-18(17-10-5-2-6-11-17)12-7-14-20-15-13-16-8-3-1-4-9-16/h1-6,8-11,13,15,18H,7,12,14H2. The number of alkyl halides is 1. The first-order chi connectivity index (χ1) is 9.86. The molecule has 1 nitrogen and oxygen atoms in total. The van der Waals surface area contributed by atoms with E-state index in [0.717, 1.165) is 18.4 Å². The lowest BCUT2D eigenvalue weighted by Crippen LogP contribution is -1.94. The molecule has 0 N–H and O–H groups in total. The van der Waals surface area contributed by atoms with Crippen LogP contribution in [0.15, 0.2) is 66.9 Å². The molecule has 104 valence electrons. The zero-order chi connectivity index (χ0) is 14.0. The maximum atomic E-state index is 6.34. The Balaban J connectivity index is 1.63. The lowest BCUT2D eigenvalue weighted by molar-refractivity contribution is 0.244. The van der Waals surface area contributed by atoms with E-state index >= 15 is 0 Å². The first-order valence-corrected chi connectivity index (χ1v) is 7.32. The molecule has 2 aromatic rings. The maximum Gasteiger partial charge on any atom is 0.0874 e. The topological polar surface area (TPSA) is 9.23 Å². The molecule has 0 heterocycles. The molecule has 1 unspecified atom stereocenters. The van der Waals surface area contributed by atoms with Crippen LogP contribution in [0.3, 0.4) is 0 Å². The molecule has 2 rings (SSSR count). The van der Waals surface area contributed by atoms with Gasteiger partial charge in [0.15, 0.2) is 0 Å². The number of rotatable bonds is 7. The molecule has 0 aromatic heterocycles. The molecular formula is C18H19ClO. The van der Waals surface area contributed by atoms with Crippen LogP contribution in [-0.4, -0.2) is 6.61 Å². The normalized spacial score (nSPS) is 12.4. The smallest absolute Gasteiger partial charge is 0.0874 e. The quantitative estimate of drug-likeness (QED) is 0.374. The Morgan fingerprint density at radius 2 is 1.60 bits per heavy atom. The van der Waals surface area contributed by atoms with E-state index in [0.29, 0.717) is 6.61 Å². The van der Waals surface area contributed by atoms with Crippen molar-refractivity contribution in [2.24, 2.45) is 0 Å². The van der Waals surface area contributed by atoms with Crippen LogP contribution in [0.25, 0.3) is 6.08 Å². The van der Waals surface area contributed by atoms with Crippen LogP contribution in [-0.2, 0) is 4.74 Å². The average molecular weight is 287 g/mol. The second-order valence-electron chi connectivity index (χ2n) is 4.60. The fourth-order valence-electron chi connectivity index (χ4n) is 1.93. The summed E-state index contributed by atoms with van der Waals surface area (Å²) in [6.45, 7) is 0.694. The van der Waals surface area contributed by atoms with Gasteiger partial charge in [-0.15, -0.1) is 11.6 Å². The van der Waals surface area contributed by atoms with Crippen molar-refractivity contribution in [1.82, 2.24) is 0 Å². The number of hydrogen-bond donors (Lipinski definition) is 0. The zero-order valence-corrected chi connectivity index (χ0v) is 12.2. The third kappa shape index (κ3) is 5.10. The summed E-state index contributed by atoms with van der Waals surface area (Å²) in [6, 6.07) is 20.3. The van der Waals surface area contributed by atoms with Gasteiger partial charge in [0.25, 0.3) is 0 Å². The van der Waals surface area contributed by atoms with E-state index in [-0.39, 0.29) is 5.38 Å². The molecule has 0 bridgehead atoms. The van der Waals surface area contributed by atoms with Crippen molar-refractivity contribution in [3.05, 3.63) is 78.1 Å². The Labute approximate surface area is 125 Å².